The Balaban J connectivity index is 2.44. The van der Waals surface area contributed by atoms with Gasteiger partial charge in [0.05, 0.1) is 16.6 Å². The summed E-state index contributed by atoms with van der Waals surface area (Å²) in [7, 11) is 0. The maximum absolute atomic E-state index is 10.9. The smallest absolute Gasteiger partial charge is 0.349 e. The molecule has 0 unspecified atom stereocenters. The summed E-state index contributed by atoms with van der Waals surface area (Å²) in [5.41, 5.74) is 5.29. The Morgan fingerprint density at radius 1 is 1.45 bits per heavy atom. The molecule has 0 spiro atoms. The lowest BCUT2D eigenvalue weighted by Crippen LogP contribution is -2.01. The number of nitrogen functional groups attached to an aromatic ring is 1. The van der Waals surface area contributed by atoms with Gasteiger partial charge >= 0.3 is 11.6 Å². The Bertz CT molecular complexity index is 728. The van der Waals surface area contributed by atoms with E-state index in [1.165, 1.54) is 6.07 Å². The molecule has 0 radical (unpaired) electrons. The lowest BCUT2D eigenvalue weighted by atomic mass is 10.2. The summed E-state index contributed by atoms with van der Waals surface area (Å²) in [5, 5.41) is 19.7. The van der Waals surface area contributed by atoms with Gasteiger partial charge in [-0.15, -0.1) is 0 Å². The Hall–Kier alpha value is -2.73. The topological polar surface area (TPSA) is 128 Å². The zero-order valence-corrected chi connectivity index (χ0v) is 11.4. The number of nitriles is 1. The Morgan fingerprint density at radius 2 is 2.20 bits per heavy atom. The summed E-state index contributed by atoms with van der Waals surface area (Å²) in [5.74, 6) is -0.220. The van der Waals surface area contributed by atoms with Gasteiger partial charge in [-0.2, -0.15) is 10.2 Å². The second kappa shape index (κ2) is 5.50. The summed E-state index contributed by atoms with van der Waals surface area (Å²) < 4.78 is 5.91. The van der Waals surface area contributed by atoms with E-state index in [0.29, 0.717) is 10.0 Å². The number of nitro groups is 1. The summed E-state index contributed by atoms with van der Waals surface area (Å²) in [6.07, 6.45) is 0.959. The van der Waals surface area contributed by atoms with Crippen molar-refractivity contribution < 1.29 is 9.66 Å². The van der Waals surface area contributed by atoms with Gasteiger partial charge in [0.1, 0.15) is 11.9 Å². The van der Waals surface area contributed by atoms with E-state index in [1.54, 1.807) is 12.1 Å². The van der Waals surface area contributed by atoms with Crippen molar-refractivity contribution in [3.05, 3.63) is 44.5 Å². The predicted octanol–water partition coefficient (Wildman–Crippen LogP) is 2.39. The molecule has 2 rings (SSSR count). The molecule has 9 heteroatoms. The number of anilines is 1. The molecule has 0 saturated carbocycles. The van der Waals surface area contributed by atoms with Gasteiger partial charge in [-0.25, -0.2) is 4.98 Å². The largest absolute Gasteiger partial charge is 0.433 e. The van der Waals surface area contributed by atoms with Crippen LogP contribution < -0.4 is 10.5 Å². The third-order valence-corrected chi connectivity index (χ3v) is 2.62. The van der Waals surface area contributed by atoms with Crippen molar-refractivity contribution >= 4 is 27.6 Å². The lowest BCUT2D eigenvalue weighted by Gasteiger charge is -2.06. The first-order valence-corrected chi connectivity index (χ1v) is 5.94. The average Bonchev–Trinajstić information content (AvgIpc) is 2.37. The first-order valence-electron chi connectivity index (χ1n) is 5.15. The lowest BCUT2D eigenvalue weighted by molar-refractivity contribution is -0.386. The van der Waals surface area contributed by atoms with E-state index < -0.39 is 10.6 Å². The minimum absolute atomic E-state index is 0.152. The van der Waals surface area contributed by atoms with E-state index in [0.717, 1.165) is 6.20 Å². The van der Waals surface area contributed by atoms with Crippen LogP contribution in [0.15, 0.2) is 28.9 Å². The standard InChI is InChI=1S/C11H6BrN5O3/c12-7-1-6(4-13)2-8(3-7)20-10-9(17(18)19)5-15-11(14)16-10/h1-3,5H,(H2,14,15,16). The quantitative estimate of drug-likeness (QED) is 0.673. The molecule has 8 nitrogen and oxygen atoms in total. The highest BCUT2D eigenvalue weighted by Gasteiger charge is 2.19. The fourth-order valence-electron chi connectivity index (χ4n) is 1.37. The number of hydrogen-bond donors (Lipinski definition) is 1. The van der Waals surface area contributed by atoms with Gasteiger partial charge in [-0.1, -0.05) is 15.9 Å². The summed E-state index contributed by atoms with van der Waals surface area (Å²) in [4.78, 5) is 17.4. The van der Waals surface area contributed by atoms with Crippen LogP contribution in [0.4, 0.5) is 11.6 Å². The molecule has 0 aliphatic rings. The molecule has 0 atom stereocenters. The van der Waals surface area contributed by atoms with Crippen LogP contribution in [0.3, 0.4) is 0 Å². The van der Waals surface area contributed by atoms with Crippen molar-refractivity contribution in [1.29, 1.82) is 5.26 Å². The molecule has 0 saturated heterocycles. The number of aromatic nitrogens is 2. The number of rotatable bonds is 3. The summed E-state index contributed by atoms with van der Waals surface area (Å²) in [6, 6.07) is 6.49. The van der Waals surface area contributed by atoms with Gasteiger partial charge < -0.3 is 10.5 Å². The van der Waals surface area contributed by atoms with Crippen molar-refractivity contribution in [2.45, 2.75) is 0 Å². The SMILES string of the molecule is N#Cc1cc(Br)cc(Oc2nc(N)ncc2[N+](=O)[O-])c1. The monoisotopic (exact) mass is 335 g/mol. The summed E-state index contributed by atoms with van der Waals surface area (Å²) in [6.45, 7) is 0. The zero-order valence-electron chi connectivity index (χ0n) is 9.78. The van der Waals surface area contributed by atoms with Crippen molar-refractivity contribution in [2.75, 3.05) is 5.73 Å². The molecule has 2 N–H and O–H groups in total. The second-order valence-electron chi connectivity index (χ2n) is 3.57. The van der Waals surface area contributed by atoms with Crippen molar-refractivity contribution in [3.63, 3.8) is 0 Å². The van der Waals surface area contributed by atoms with Crippen LogP contribution in [0.1, 0.15) is 5.56 Å². The van der Waals surface area contributed by atoms with Crippen LogP contribution in [0.5, 0.6) is 11.6 Å². The van der Waals surface area contributed by atoms with Gasteiger partial charge in [-0.3, -0.25) is 10.1 Å². The average molecular weight is 336 g/mol. The van der Waals surface area contributed by atoms with E-state index in [9.17, 15) is 10.1 Å². The number of hydrogen-bond acceptors (Lipinski definition) is 7. The maximum Gasteiger partial charge on any atom is 0.349 e. The minimum Gasteiger partial charge on any atom is -0.433 e. The molecule has 0 aliphatic heterocycles. The fraction of sp³-hybridized carbons (Fsp3) is 0. The van der Waals surface area contributed by atoms with E-state index in [1.807, 2.05) is 6.07 Å². The van der Waals surface area contributed by atoms with Gasteiger partial charge in [-0.05, 0) is 18.2 Å². The molecule has 1 aromatic heterocycles. The predicted molar refractivity (Wildman–Crippen MR) is 72.0 cm³/mol. The molecule has 100 valence electrons. The number of benzene rings is 1. The van der Waals surface area contributed by atoms with Crippen molar-refractivity contribution in [1.82, 2.24) is 9.97 Å². The number of ether oxygens (including phenoxy) is 1. The zero-order chi connectivity index (χ0) is 14.7. The molecule has 2 aromatic rings. The number of halogens is 1. The molecule has 1 heterocycles. The van der Waals surface area contributed by atoms with Crippen LogP contribution in [0, 0.1) is 21.4 Å². The minimum atomic E-state index is -0.683. The van der Waals surface area contributed by atoms with Gasteiger partial charge in [0.15, 0.2) is 0 Å². The van der Waals surface area contributed by atoms with Gasteiger partial charge in [0, 0.05) is 4.47 Å². The molecular formula is C11H6BrN5O3. The first kappa shape index (κ1) is 13.7. The Labute approximate surface area is 121 Å². The van der Waals surface area contributed by atoms with E-state index in [4.69, 9.17) is 15.7 Å². The molecule has 1 aromatic carbocycles. The normalized spacial score (nSPS) is 9.80. The molecule has 20 heavy (non-hydrogen) atoms. The highest BCUT2D eigenvalue weighted by Crippen LogP contribution is 2.31. The van der Waals surface area contributed by atoms with Crippen LogP contribution in [0.25, 0.3) is 0 Å². The van der Waals surface area contributed by atoms with Crippen LogP contribution in [-0.4, -0.2) is 14.9 Å². The highest BCUT2D eigenvalue weighted by atomic mass is 79.9. The van der Waals surface area contributed by atoms with Gasteiger partial charge in [0.25, 0.3) is 0 Å². The van der Waals surface area contributed by atoms with Crippen molar-refractivity contribution in [2.24, 2.45) is 0 Å². The molecule has 0 aliphatic carbocycles. The Kier molecular flexibility index (Phi) is 3.76. The van der Waals surface area contributed by atoms with Crippen LogP contribution in [0.2, 0.25) is 0 Å². The van der Waals surface area contributed by atoms with E-state index >= 15 is 0 Å². The maximum atomic E-state index is 10.9. The third kappa shape index (κ3) is 2.99. The van der Waals surface area contributed by atoms with Crippen LogP contribution >= 0.6 is 15.9 Å². The molecular weight excluding hydrogens is 330 g/mol. The second-order valence-corrected chi connectivity index (χ2v) is 4.48. The van der Waals surface area contributed by atoms with E-state index in [-0.39, 0.29) is 17.6 Å². The fourth-order valence-corrected chi connectivity index (χ4v) is 1.84. The summed E-state index contributed by atoms with van der Waals surface area (Å²) >= 11 is 3.21. The van der Waals surface area contributed by atoms with E-state index in [2.05, 4.69) is 25.9 Å². The number of nitrogens with zero attached hydrogens (tertiary/aromatic N) is 4. The number of nitrogens with two attached hydrogens (primary N) is 1. The molecule has 0 fully saturated rings. The van der Waals surface area contributed by atoms with Gasteiger partial charge in [0.2, 0.25) is 5.95 Å². The van der Waals surface area contributed by atoms with Crippen LogP contribution in [-0.2, 0) is 0 Å². The molecule has 0 bridgehead atoms. The first-order chi connectivity index (χ1) is 9.49. The highest BCUT2D eigenvalue weighted by molar-refractivity contribution is 9.10. The van der Waals surface area contributed by atoms with Crippen molar-refractivity contribution in [3.8, 4) is 17.7 Å². The molecule has 0 amide bonds. The Morgan fingerprint density at radius 3 is 2.85 bits per heavy atom. The third-order valence-electron chi connectivity index (χ3n) is 2.17.